The molecule has 0 N–H and O–H groups in total. The molecule has 0 saturated carbocycles. The van der Waals surface area contributed by atoms with Crippen molar-refractivity contribution in [3.63, 3.8) is 0 Å². The van der Waals surface area contributed by atoms with Gasteiger partial charge >= 0.3 is 0 Å². The average Bonchev–Trinajstić information content (AvgIpc) is 2.46. The van der Waals surface area contributed by atoms with E-state index < -0.39 is 0 Å². The van der Waals surface area contributed by atoms with E-state index in [1.165, 1.54) is 5.56 Å². The SMILES string of the molecule is COCOc1c(C)cc(C)cc1-c1cc(OC)ccc1Br. The van der Waals surface area contributed by atoms with Gasteiger partial charge < -0.3 is 14.2 Å². The quantitative estimate of drug-likeness (QED) is 0.730. The van der Waals surface area contributed by atoms with E-state index in [2.05, 4.69) is 35.0 Å². The van der Waals surface area contributed by atoms with Crippen LogP contribution >= 0.6 is 15.9 Å². The molecule has 0 atom stereocenters. The lowest BCUT2D eigenvalue weighted by atomic mass is 9.99. The molecule has 0 amide bonds. The summed E-state index contributed by atoms with van der Waals surface area (Å²) >= 11 is 3.61. The van der Waals surface area contributed by atoms with Gasteiger partial charge in [-0.05, 0) is 49.2 Å². The second-order valence-electron chi connectivity index (χ2n) is 4.86. The first-order chi connectivity index (χ1) is 10.1. The summed E-state index contributed by atoms with van der Waals surface area (Å²) in [6.07, 6.45) is 0. The molecule has 0 saturated heterocycles. The van der Waals surface area contributed by atoms with Crippen LogP contribution in [0.1, 0.15) is 11.1 Å². The first-order valence-electron chi connectivity index (χ1n) is 6.63. The molecule has 2 rings (SSSR count). The lowest BCUT2D eigenvalue weighted by Gasteiger charge is -2.16. The van der Waals surface area contributed by atoms with Crippen LogP contribution in [0, 0.1) is 13.8 Å². The van der Waals surface area contributed by atoms with E-state index >= 15 is 0 Å². The minimum Gasteiger partial charge on any atom is -0.497 e. The smallest absolute Gasteiger partial charge is 0.188 e. The van der Waals surface area contributed by atoms with Crippen LogP contribution in [0.15, 0.2) is 34.8 Å². The molecule has 0 aliphatic heterocycles. The fourth-order valence-electron chi connectivity index (χ4n) is 2.30. The van der Waals surface area contributed by atoms with Gasteiger partial charge in [0.2, 0.25) is 0 Å². The number of benzene rings is 2. The Labute approximate surface area is 134 Å². The van der Waals surface area contributed by atoms with Crippen molar-refractivity contribution in [2.75, 3.05) is 21.0 Å². The van der Waals surface area contributed by atoms with E-state index in [1.54, 1.807) is 14.2 Å². The minimum atomic E-state index is 0.221. The number of rotatable bonds is 5. The molecule has 0 spiro atoms. The largest absolute Gasteiger partial charge is 0.497 e. The molecule has 0 heterocycles. The van der Waals surface area contributed by atoms with Gasteiger partial charge in [-0.1, -0.05) is 22.0 Å². The maximum atomic E-state index is 5.77. The Hall–Kier alpha value is -1.52. The van der Waals surface area contributed by atoms with Crippen LogP contribution in [0.2, 0.25) is 0 Å². The summed E-state index contributed by atoms with van der Waals surface area (Å²) in [6.45, 7) is 4.33. The Morgan fingerprint density at radius 1 is 1.00 bits per heavy atom. The third kappa shape index (κ3) is 3.57. The summed E-state index contributed by atoms with van der Waals surface area (Å²) in [4.78, 5) is 0. The molecule has 0 bridgehead atoms. The highest BCUT2D eigenvalue weighted by atomic mass is 79.9. The van der Waals surface area contributed by atoms with E-state index in [0.717, 1.165) is 32.7 Å². The van der Waals surface area contributed by atoms with Crippen LogP contribution in [0.25, 0.3) is 11.1 Å². The summed E-state index contributed by atoms with van der Waals surface area (Å²) in [6, 6.07) is 10.1. The van der Waals surface area contributed by atoms with Crippen LogP contribution in [0.4, 0.5) is 0 Å². The third-order valence-electron chi connectivity index (χ3n) is 3.20. The molecule has 2 aromatic carbocycles. The van der Waals surface area contributed by atoms with Crippen molar-refractivity contribution >= 4 is 15.9 Å². The predicted molar refractivity (Wildman–Crippen MR) is 88.1 cm³/mol. The van der Waals surface area contributed by atoms with Crippen LogP contribution in [-0.4, -0.2) is 21.0 Å². The highest BCUT2D eigenvalue weighted by Gasteiger charge is 2.14. The topological polar surface area (TPSA) is 27.7 Å². The van der Waals surface area contributed by atoms with Crippen molar-refractivity contribution in [1.82, 2.24) is 0 Å². The fourth-order valence-corrected chi connectivity index (χ4v) is 2.76. The van der Waals surface area contributed by atoms with Gasteiger partial charge in [0.15, 0.2) is 6.79 Å². The second-order valence-corrected chi connectivity index (χ2v) is 5.71. The monoisotopic (exact) mass is 350 g/mol. The standard InChI is InChI=1S/C17H19BrO3/c1-11-7-12(2)17(21-10-19-3)15(8-11)14-9-13(20-4)5-6-16(14)18/h5-9H,10H2,1-4H3. The van der Waals surface area contributed by atoms with Gasteiger partial charge in [-0.25, -0.2) is 0 Å². The molecule has 4 heteroatoms. The van der Waals surface area contributed by atoms with Gasteiger partial charge in [0.25, 0.3) is 0 Å². The maximum absolute atomic E-state index is 5.77. The van der Waals surface area contributed by atoms with Crippen LogP contribution in [0.3, 0.4) is 0 Å². The van der Waals surface area contributed by atoms with Gasteiger partial charge in [-0.2, -0.15) is 0 Å². The Kier molecular flexibility index (Phi) is 5.26. The van der Waals surface area contributed by atoms with Gasteiger partial charge in [0, 0.05) is 22.7 Å². The minimum absolute atomic E-state index is 0.221. The lowest BCUT2D eigenvalue weighted by molar-refractivity contribution is 0.0510. The maximum Gasteiger partial charge on any atom is 0.188 e. The molecule has 2 aromatic rings. The van der Waals surface area contributed by atoms with Crippen molar-refractivity contribution in [3.05, 3.63) is 45.9 Å². The molecule has 0 aliphatic carbocycles. The summed E-state index contributed by atoms with van der Waals surface area (Å²) in [5.41, 5.74) is 4.32. The third-order valence-corrected chi connectivity index (χ3v) is 3.90. The zero-order chi connectivity index (χ0) is 15.4. The number of aryl methyl sites for hydroxylation is 2. The van der Waals surface area contributed by atoms with E-state index in [-0.39, 0.29) is 6.79 Å². The van der Waals surface area contributed by atoms with Crippen molar-refractivity contribution in [2.24, 2.45) is 0 Å². The van der Waals surface area contributed by atoms with Crippen LogP contribution < -0.4 is 9.47 Å². The molecular formula is C17H19BrO3. The average molecular weight is 351 g/mol. The Morgan fingerprint density at radius 3 is 2.43 bits per heavy atom. The number of halogens is 1. The number of hydrogen-bond donors (Lipinski definition) is 0. The zero-order valence-corrected chi connectivity index (χ0v) is 14.3. The van der Waals surface area contributed by atoms with Gasteiger partial charge in [-0.15, -0.1) is 0 Å². The number of hydrogen-bond acceptors (Lipinski definition) is 3. The lowest BCUT2D eigenvalue weighted by Crippen LogP contribution is -2.02. The molecule has 0 fully saturated rings. The first kappa shape index (κ1) is 15.9. The molecular weight excluding hydrogens is 332 g/mol. The molecule has 112 valence electrons. The number of methoxy groups -OCH3 is 2. The van der Waals surface area contributed by atoms with Crippen LogP contribution in [-0.2, 0) is 4.74 Å². The Bertz CT molecular complexity index is 638. The van der Waals surface area contributed by atoms with E-state index in [4.69, 9.17) is 14.2 Å². The Balaban J connectivity index is 2.61. The van der Waals surface area contributed by atoms with Gasteiger partial charge in [-0.3, -0.25) is 0 Å². The van der Waals surface area contributed by atoms with E-state index in [9.17, 15) is 0 Å². The highest BCUT2D eigenvalue weighted by Crippen LogP contribution is 2.39. The zero-order valence-electron chi connectivity index (χ0n) is 12.7. The molecule has 21 heavy (non-hydrogen) atoms. The van der Waals surface area contributed by atoms with Crippen molar-refractivity contribution in [3.8, 4) is 22.6 Å². The molecule has 0 aliphatic rings. The molecule has 0 unspecified atom stereocenters. The molecule has 3 nitrogen and oxygen atoms in total. The van der Waals surface area contributed by atoms with Gasteiger partial charge in [0.1, 0.15) is 11.5 Å². The van der Waals surface area contributed by atoms with Crippen molar-refractivity contribution in [1.29, 1.82) is 0 Å². The van der Waals surface area contributed by atoms with Gasteiger partial charge in [0.05, 0.1) is 7.11 Å². The Morgan fingerprint density at radius 2 is 1.76 bits per heavy atom. The van der Waals surface area contributed by atoms with Crippen molar-refractivity contribution < 1.29 is 14.2 Å². The fraction of sp³-hybridized carbons (Fsp3) is 0.294. The predicted octanol–water partition coefficient (Wildman–Crippen LogP) is 4.72. The normalized spacial score (nSPS) is 10.5. The van der Waals surface area contributed by atoms with E-state index in [0.29, 0.717) is 0 Å². The summed E-state index contributed by atoms with van der Waals surface area (Å²) in [5.74, 6) is 1.64. The van der Waals surface area contributed by atoms with E-state index in [1.807, 2.05) is 25.1 Å². The number of ether oxygens (including phenoxy) is 3. The first-order valence-corrected chi connectivity index (χ1v) is 7.43. The van der Waals surface area contributed by atoms with Crippen LogP contribution in [0.5, 0.6) is 11.5 Å². The summed E-state index contributed by atoms with van der Waals surface area (Å²) in [5, 5.41) is 0. The van der Waals surface area contributed by atoms with Crippen molar-refractivity contribution in [2.45, 2.75) is 13.8 Å². The summed E-state index contributed by atoms with van der Waals surface area (Å²) < 4.78 is 17.1. The highest BCUT2D eigenvalue weighted by molar-refractivity contribution is 9.10. The second kappa shape index (κ2) is 6.96. The summed E-state index contributed by atoms with van der Waals surface area (Å²) in [7, 11) is 3.28. The molecule has 0 radical (unpaired) electrons. The molecule has 0 aromatic heterocycles.